The molecule has 0 aliphatic rings. The molecule has 0 saturated carbocycles. The molecular formula is C27H29N6O4P. The Morgan fingerprint density at radius 3 is 2.18 bits per heavy atom. The van der Waals surface area contributed by atoms with Gasteiger partial charge in [0.1, 0.15) is 12.4 Å². The topological polar surface area (TPSA) is 142 Å². The fraction of sp³-hybridized carbons (Fsp3) is 0.259. The molecule has 196 valence electrons. The second-order valence-electron chi connectivity index (χ2n) is 8.06. The molecule has 1 aromatic heterocycles. The summed E-state index contributed by atoms with van der Waals surface area (Å²) >= 11 is 0. The molecule has 0 aliphatic carbocycles. The van der Waals surface area contributed by atoms with E-state index < -0.39 is 7.82 Å². The van der Waals surface area contributed by atoms with Crippen LogP contribution < -0.4 is 10.6 Å². The SMILES string of the molecule is CCOP(=O)(OCC)OCc1cc(Nc2c(C)cc(/C=C/C#N)cc2C)nc(Nc2ccc(C#N)cc2)n1. The molecule has 0 spiro atoms. The van der Waals surface area contributed by atoms with Crippen LogP contribution in [-0.2, 0) is 24.7 Å². The maximum Gasteiger partial charge on any atom is 0.475 e. The first-order chi connectivity index (χ1) is 18.3. The van der Waals surface area contributed by atoms with Gasteiger partial charge in [0.2, 0.25) is 5.95 Å². The lowest BCUT2D eigenvalue weighted by Crippen LogP contribution is -2.07. The number of hydrogen-bond acceptors (Lipinski definition) is 10. The number of anilines is 4. The van der Waals surface area contributed by atoms with Crippen LogP contribution in [-0.4, -0.2) is 23.2 Å². The van der Waals surface area contributed by atoms with Gasteiger partial charge >= 0.3 is 7.82 Å². The van der Waals surface area contributed by atoms with Gasteiger partial charge in [-0.25, -0.2) is 9.55 Å². The molecule has 0 bridgehead atoms. The normalized spacial score (nSPS) is 11.2. The van der Waals surface area contributed by atoms with E-state index in [1.807, 2.05) is 32.0 Å². The lowest BCUT2D eigenvalue weighted by molar-refractivity contribution is 0.115. The van der Waals surface area contributed by atoms with E-state index in [-0.39, 0.29) is 25.8 Å². The summed E-state index contributed by atoms with van der Waals surface area (Å²) in [7, 11) is -3.75. The number of hydrogen-bond donors (Lipinski definition) is 2. The lowest BCUT2D eigenvalue weighted by Gasteiger charge is -2.18. The number of rotatable bonds is 12. The third-order valence-corrected chi connectivity index (χ3v) is 6.75. The average Bonchev–Trinajstić information content (AvgIpc) is 2.89. The lowest BCUT2D eigenvalue weighted by atomic mass is 10.0. The van der Waals surface area contributed by atoms with Crippen LogP contribution in [0.25, 0.3) is 6.08 Å². The molecule has 0 unspecified atom stereocenters. The van der Waals surface area contributed by atoms with E-state index in [1.54, 1.807) is 50.3 Å². The fourth-order valence-corrected chi connectivity index (χ4v) is 4.72. The number of allylic oxidation sites excluding steroid dienone is 1. The van der Waals surface area contributed by atoms with Crippen molar-refractivity contribution in [3.05, 3.63) is 76.5 Å². The van der Waals surface area contributed by atoms with Crippen LogP contribution in [0.2, 0.25) is 0 Å². The molecule has 11 heteroatoms. The summed E-state index contributed by atoms with van der Waals surface area (Å²) in [6.07, 6.45) is 3.18. The summed E-state index contributed by atoms with van der Waals surface area (Å²) in [4.78, 5) is 9.10. The number of phosphoric ester groups is 1. The maximum absolute atomic E-state index is 12.8. The zero-order valence-electron chi connectivity index (χ0n) is 21.7. The van der Waals surface area contributed by atoms with Crippen molar-refractivity contribution in [1.82, 2.24) is 9.97 Å². The van der Waals surface area contributed by atoms with Crippen LogP contribution in [0, 0.1) is 36.5 Å². The summed E-state index contributed by atoms with van der Waals surface area (Å²) < 4.78 is 28.8. The number of nitrogens with zero attached hydrogens (tertiary/aromatic N) is 4. The van der Waals surface area contributed by atoms with Gasteiger partial charge in [-0.15, -0.1) is 0 Å². The Labute approximate surface area is 222 Å². The van der Waals surface area contributed by atoms with Crippen LogP contribution >= 0.6 is 7.82 Å². The predicted octanol–water partition coefficient (Wildman–Crippen LogP) is 6.69. The molecule has 0 aliphatic heterocycles. The third kappa shape index (κ3) is 7.97. The Kier molecular flexibility index (Phi) is 10.1. The highest BCUT2D eigenvalue weighted by molar-refractivity contribution is 7.48. The minimum Gasteiger partial charge on any atom is -0.340 e. The fourth-order valence-electron chi connectivity index (χ4n) is 3.57. The van der Waals surface area contributed by atoms with E-state index in [4.69, 9.17) is 24.1 Å². The minimum atomic E-state index is -3.75. The molecule has 3 aromatic rings. The number of nitrogens with one attached hydrogen (secondary N) is 2. The highest BCUT2D eigenvalue weighted by Crippen LogP contribution is 2.49. The highest BCUT2D eigenvalue weighted by atomic mass is 31.2. The molecule has 1 heterocycles. The molecule has 0 fully saturated rings. The van der Waals surface area contributed by atoms with Crippen LogP contribution in [0.3, 0.4) is 0 Å². The quantitative estimate of drug-likeness (QED) is 0.191. The molecule has 2 N–H and O–H groups in total. The smallest absolute Gasteiger partial charge is 0.340 e. The first-order valence-corrected chi connectivity index (χ1v) is 13.4. The third-order valence-electron chi connectivity index (χ3n) is 5.15. The molecule has 0 atom stereocenters. The first kappa shape index (κ1) is 28.5. The molecule has 38 heavy (non-hydrogen) atoms. The van der Waals surface area contributed by atoms with Crippen molar-refractivity contribution in [2.24, 2.45) is 0 Å². The van der Waals surface area contributed by atoms with Gasteiger partial charge in [0.15, 0.2) is 0 Å². The highest BCUT2D eigenvalue weighted by Gasteiger charge is 2.26. The molecule has 10 nitrogen and oxygen atoms in total. The van der Waals surface area contributed by atoms with Crippen LogP contribution in [0.15, 0.2) is 48.5 Å². The Hall–Kier alpha value is -4.05. The zero-order chi connectivity index (χ0) is 27.5. The van der Waals surface area contributed by atoms with Crippen molar-refractivity contribution >= 4 is 37.0 Å². The zero-order valence-corrected chi connectivity index (χ0v) is 22.6. The standard InChI is InChI=1S/C27H29N6O4P/c1-5-35-38(34,36-6-2)37-18-24-16-25(32-26-19(3)14-22(8-7-13-28)15-20(26)4)33-27(31-24)30-23-11-9-21(17-29)10-12-23/h7-12,14-16H,5-6,18H2,1-4H3,(H2,30,31,32,33)/b8-7+. The molecule has 0 amide bonds. The summed E-state index contributed by atoms with van der Waals surface area (Å²) in [5.74, 6) is 0.744. The average molecular weight is 533 g/mol. The number of phosphoric acid groups is 1. The van der Waals surface area contributed by atoms with Gasteiger partial charge in [-0.05, 0) is 86.9 Å². The van der Waals surface area contributed by atoms with Gasteiger partial charge in [0.25, 0.3) is 0 Å². The molecular weight excluding hydrogens is 503 g/mol. The minimum absolute atomic E-state index is 0.146. The molecule has 3 rings (SSSR count). The van der Waals surface area contributed by atoms with Gasteiger partial charge in [-0.3, -0.25) is 13.6 Å². The summed E-state index contributed by atoms with van der Waals surface area (Å²) in [5, 5.41) is 24.4. The van der Waals surface area contributed by atoms with E-state index in [2.05, 4.69) is 26.7 Å². The first-order valence-electron chi connectivity index (χ1n) is 11.9. The summed E-state index contributed by atoms with van der Waals surface area (Å²) in [6, 6.07) is 16.6. The Balaban J connectivity index is 1.95. The van der Waals surface area contributed by atoms with Gasteiger partial charge in [-0.1, -0.05) is 0 Å². The van der Waals surface area contributed by atoms with E-state index >= 15 is 0 Å². The van der Waals surface area contributed by atoms with Gasteiger partial charge in [0.05, 0.1) is 36.6 Å². The van der Waals surface area contributed by atoms with E-state index in [0.717, 1.165) is 22.4 Å². The second-order valence-corrected chi connectivity index (χ2v) is 9.72. The van der Waals surface area contributed by atoms with E-state index in [1.165, 1.54) is 6.08 Å². The molecule has 2 aromatic carbocycles. The van der Waals surface area contributed by atoms with Crippen molar-refractivity contribution in [2.45, 2.75) is 34.3 Å². The van der Waals surface area contributed by atoms with Crippen molar-refractivity contribution in [3.63, 3.8) is 0 Å². The summed E-state index contributed by atoms with van der Waals surface area (Å²) in [6.45, 7) is 7.50. The van der Waals surface area contributed by atoms with Gasteiger partial charge in [-0.2, -0.15) is 15.5 Å². The largest absolute Gasteiger partial charge is 0.475 e. The number of nitriles is 2. The van der Waals surface area contributed by atoms with E-state index in [0.29, 0.717) is 22.8 Å². The monoisotopic (exact) mass is 532 g/mol. The molecule has 0 saturated heterocycles. The Morgan fingerprint density at radius 1 is 0.947 bits per heavy atom. The number of aryl methyl sites for hydroxylation is 2. The van der Waals surface area contributed by atoms with Crippen LogP contribution in [0.1, 0.15) is 41.8 Å². The Morgan fingerprint density at radius 2 is 1.61 bits per heavy atom. The van der Waals surface area contributed by atoms with Gasteiger partial charge in [0, 0.05) is 23.5 Å². The Bertz CT molecular complexity index is 1390. The van der Waals surface area contributed by atoms with Crippen molar-refractivity contribution < 1.29 is 18.1 Å². The van der Waals surface area contributed by atoms with Crippen molar-refractivity contribution in [2.75, 3.05) is 23.8 Å². The van der Waals surface area contributed by atoms with Crippen LogP contribution in [0.4, 0.5) is 23.1 Å². The number of benzene rings is 2. The van der Waals surface area contributed by atoms with Crippen LogP contribution in [0.5, 0.6) is 0 Å². The van der Waals surface area contributed by atoms with Gasteiger partial charge < -0.3 is 10.6 Å². The summed E-state index contributed by atoms with van der Waals surface area (Å²) in [5.41, 5.74) is 5.32. The van der Waals surface area contributed by atoms with E-state index in [9.17, 15) is 4.57 Å². The van der Waals surface area contributed by atoms with Crippen molar-refractivity contribution in [3.8, 4) is 12.1 Å². The van der Waals surface area contributed by atoms with Crippen molar-refractivity contribution in [1.29, 1.82) is 10.5 Å². The molecule has 0 radical (unpaired) electrons. The maximum atomic E-state index is 12.8. The predicted molar refractivity (Wildman–Crippen MR) is 146 cm³/mol. The second kappa shape index (κ2) is 13.5. The number of aromatic nitrogens is 2.